The van der Waals surface area contributed by atoms with Crippen LogP contribution >= 0.6 is 0 Å². The molecule has 0 saturated carbocycles. The van der Waals surface area contributed by atoms with Gasteiger partial charge in [-0.1, -0.05) is 0 Å². The summed E-state index contributed by atoms with van der Waals surface area (Å²) in [5, 5.41) is 13.9. The number of benzene rings is 1. The monoisotopic (exact) mass is 280 g/mol. The van der Waals surface area contributed by atoms with E-state index in [1.165, 1.54) is 0 Å². The first-order valence-electron chi connectivity index (χ1n) is 6.24. The Kier molecular flexibility index (Phi) is 3.16. The van der Waals surface area contributed by atoms with Crippen LogP contribution in [0.5, 0.6) is 11.5 Å². The maximum Gasteiger partial charge on any atom is 0.173 e. The molecule has 6 heteroatoms. The van der Waals surface area contributed by atoms with Gasteiger partial charge in [-0.3, -0.25) is 0 Å². The van der Waals surface area contributed by atoms with Crippen LogP contribution in [0.4, 0.5) is 0 Å². The Morgan fingerprint density at radius 3 is 2.81 bits per heavy atom. The van der Waals surface area contributed by atoms with Gasteiger partial charge in [0.2, 0.25) is 0 Å². The Bertz CT molecular complexity index is 848. The molecule has 2 heterocycles. The fourth-order valence-corrected chi connectivity index (χ4v) is 2.17. The Morgan fingerprint density at radius 2 is 2.10 bits per heavy atom. The Balaban J connectivity index is 2.28. The van der Waals surface area contributed by atoms with Crippen molar-refractivity contribution < 1.29 is 9.47 Å². The molecular formula is C15H12N4O2. The normalized spacial score (nSPS) is 10.3. The molecule has 0 aliphatic rings. The molecule has 0 spiro atoms. The van der Waals surface area contributed by atoms with Crippen LogP contribution < -0.4 is 9.47 Å². The molecule has 0 aliphatic carbocycles. The van der Waals surface area contributed by atoms with Crippen molar-refractivity contribution in [2.24, 2.45) is 0 Å². The van der Waals surface area contributed by atoms with Gasteiger partial charge in [0.1, 0.15) is 28.8 Å². The molecule has 104 valence electrons. The molecule has 0 bridgehead atoms. The number of methoxy groups -OCH3 is 2. The molecular weight excluding hydrogens is 268 g/mol. The number of hydrogen-bond acceptors (Lipinski definition) is 5. The molecule has 1 aromatic carbocycles. The number of nitriles is 1. The lowest BCUT2D eigenvalue weighted by Gasteiger charge is -2.08. The fourth-order valence-electron chi connectivity index (χ4n) is 2.17. The fraction of sp³-hybridized carbons (Fsp3) is 0.133. The zero-order chi connectivity index (χ0) is 14.8. The van der Waals surface area contributed by atoms with E-state index in [9.17, 15) is 5.26 Å². The van der Waals surface area contributed by atoms with Gasteiger partial charge < -0.3 is 9.47 Å². The minimum Gasteiger partial charge on any atom is -0.497 e. The lowest BCUT2D eigenvalue weighted by Crippen LogP contribution is -1.92. The molecule has 0 fully saturated rings. The van der Waals surface area contributed by atoms with Crippen molar-refractivity contribution in [1.82, 2.24) is 14.6 Å². The highest BCUT2D eigenvalue weighted by molar-refractivity contribution is 5.79. The average Bonchev–Trinajstić information content (AvgIpc) is 2.92. The number of aromatic nitrogens is 3. The second-order valence-corrected chi connectivity index (χ2v) is 4.29. The van der Waals surface area contributed by atoms with Crippen LogP contribution in [-0.2, 0) is 0 Å². The van der Waals surface area contributed by atoms with Crippen molar-refractivity contribution in [2.45, 2.75) is 0 Å². The second-order valence-electron chi connectivity index (χ2n) is 4.29. The topological polar surface area (TPSA) is 72.4 Å². The number of rotatable bonds is 3. The summed E-state index contributed by atoms with van der Waals surface area (Å²) in [6.45, 7) is 0. The molecule has 0 atom stereocenters. The van der Waals surface area contributed by atoms with Crippen LogP contribution in [0.25, 0.3) is 16.9 Å². The van der Waals surface area contributed by atoms with Crippen LogP contribution in [0.1, 0.15) is 5.56 Å². The van der Waals surface area contributed by atoms with Gasteiger partial charge >= 0.3 is 0 Å². The van der Waals surface area contributed by atoms with Crippen molar-refractivity contribution in [2.75, 3.05) is 14.2 Å². The van der Waals surface area contributed by atoms with E-state index >= 15 is 0 Å². The summed E-state index contributed by atoms with van der Waals surface area (Å²) in [6.07, 6.45) is 3.38. The molecule has 0 aliphatic heterocycles. The second kappa shape index (κ2) is 5.13. The van der Waals surface area contributed by atoms with Crippen molar-refractivity contribution in [3.63, 3.8) is 0 Å². The first-order valence-corrected chi connectivity index (χ1v) is 6.24. The minimum atomic E-state index is 0.416. The van der Waals surface area contributed by atoms with Gasteiger partial charge in [0, 0.05) is 24.0 Å². The van der Waals surface area contributed by atoms with Gasteiger partial charge in [0.25, 0.3) is 0 Å². The van der Waals surface area contributed by atoms with Crippen molar-refractivity contribution in [3.05, 3.63) is 42.2 Å². The average molecular weight is 280 g/mol. The van der Waals surface area contributed by atoms with E-state index in [0.29, 0.717) is 28.4 Å². The Hall–Kier alpha value is -3.07. The molecule has 0 radical (unpaired) electrons. The van der Waals surface area contributed by atoms with E-state index in [1.54, 1.807) is 49.3 Å². The third-order valence-corrected chi connectivity index (χ3v) is 3.17. The Labute approximate surface area is 121 Å². The highest BCUT2D eigenvalue weighted by atomic mass is 16.5. The summed E-state index contributed by atoms with van der Waals surface area (Å²) in [5.41, 5.74) is 2.20. The van der Waals surface area contributed by atoms with Gasteiger partial charge in [-0.25, -0.2) is 9.50 Å². The first kappa shape index (κ1) is 12.9. The quantitative estimate of drug-likeness (QED) is 0.736. The van der Waals surface area contributed by atoms with Gasteiger partial charge in [0.15, 0.2) is 5.65 Å². The summed E-state index contributed by atoms with van der Waals surface area (Å²) >= 11 is 0. The third kappa shape index (κ3) is 2.05. The van der Waals surface area contributed by atoms with Crippen LogP contribution in [0.15, 0.2) is 36.7 Å². The number of nitrogens with zero attached hydrogens (tertiary/aromatic N) is 4. The van der Waals surface area contributed by atoms with Crippen LogP contribution in [0, 0.1) is 11.3 Å². The van der Waals surface area contributed by atoms with Crippen molar-refractivity contribution in [3.8, 4) is 28.8 Å². The number of ether oxygens (including phenoxy) is 2. The molecule has 3 aromatic rings. The largest absolute Gasteiger partial charge is 0.497 e. The predicted molar refractivity (Wildman–Crippen MR) is 76.2 cm³/mol. The smallest absolute Gasteiger partial charge is 0.173 e. The van der Waals surface area contributed by atoms with E-state index < -0.39 is 0 Å². The highest BCUT2D eigenvalue weighted by Gasteiger charge is 2.18. The zero-order valence-corrected chi connectivity index (χ0v) is 11.6. The SMILES string of the molecule is COc1ccc(-c2nn3cccnc3c2C#N)c(OC)c1. The highest BCUT2D eigenvalue weighted by Crippen LogP contribution is 2.35. The Morgan fingerprint density at radius 1 is 1.24 bits per heavy atom. The molecule has 2 aromatic heterocycles. The van der Waals surface area contributed by atoms with Gasteiger partial charge in [-0.05, 0) is 18.2 Å². The van der Waals surface area contributed by atoms with E-state index in [0.717, 1.165) is 5.56 Å². The standard InChI is InChI=1S/C15H12N4O2/c1-20-10-4-5-11(13(8-10)21-2)14-12(9-16)15-17-6-3-7-19(15)18-14/h3-8H,1-2H3. The van der Waals surface area contributed by atoms with E-state index in [2.05, 4.69) is 16.2 Å². The summed E-state index contributed by atoms with van der Waals surface area (Å²) in [7, 11) is 3.16. The summed E-state index contributed by atoms with van der Waals surface area (Å²) in [4.78, 5) is 4.20. The molecule has 6 nitrogen and oxygen atoms in total. The summed E-state index contributed by atoms with van der Waals surface area (Å²) in [6, 6.07) is 9.30. The van der Waals surface area contributed by atoms with Crippen LogP contribution in [0.2, 0.25) is 0 Å². The maximum atomic E-state index is 9.42. The molecule has 21 heavy (non-hydrogen) atoms. The molecule has 0 saturated heterocycles. The van der Waals surface area contributed by atoms with E-state index in [1.807, 2.05) is 6.07 Å². The predicted octanol–water partition coefficient (Wildman–Crippen LogP) is 2.29. The minimum absolute atomic E-state index is 0.416. The molecule has 3 rings (SSSR count). The molecule has 0 N–H and O–H groups in total. The van der Waals surface area contributed by atoms with Gasteiger partial charge in [0.05, 0.1) is 14.2 Å². The number of fused-ring (bicyclic) bond motifs is 1. The summed E-state index contributed by atoms with van der Waals surface area (Å²) in [5.74, 6) is 1.27. The third-order valence-electron chi connectivity index (χ3n) is 3.17. The van der Waals surface area contributed by atoms with Crippen LogP contribution in [-0.4, -0.2) is 28.8 Å². The zero-order valence-electron chi connectivity index (χ0n) is 11.6. The van der Waals surface area contributed by atoms with Crippen LogP contribution in [0.3, 0.4) is 0 Å². The van der Waals surface area contributed by atoms with Gasteiger partial charge in [-0.15, -0.1) is 0 Å². The lowest BCUT2D eigenvalue weighted by molar-refractivity contribution is 0.395. The van der Waals surface area contributed by atoms with Crippen molar-refractivity contribution in [1.29, 1.82) is 5.26 Å². The summed E-state index contributed by atoms with van der Waals surface area (Å²) < 4.78 is 12.1. The number of hydrogen-bond donors (Lipinski definition) is 0. The first-order chi connectivity index (χ1) is 10.3. The molecule has 0 amide bonds. The van der Waals surface area contributed by atoms with Crippen molar-refractivity contribution >= 4 is 5.65 Å². The maximum absolute atomic E-state index is 9.42. The lowest BCUT2D eigenvalue weighted by atomic mass is 10.1. The van der Waals surface area contributed by atoms with E-state index in [4.69, 9.17) is 9.47 Å². The van der Waals surface area contributed by atoms with E-state index in [-0.39, 0.29) is 0 Å². The van der Waals surface area contributed by atoms with Gasteiger partial charge in [-0.2, -0.15) is 10.4 Å². The molecule has 0 unspecified atom stereocenters.